The minimum Gasteiger partial charge on any atom is -0.493 e. The van der Waals surface area contributed by atoms with Crippen molar-refractivity contribution in [1.29, 1.82) is 0 Å². The van der Waals surface area contributed by atoms with Crippen molar-refractivity contribution >= 4 is 21.8 Å². The van der Waals surface area contributed by atoms with Crippen molar-refractivity contribution in [2.75, 3.05) is 28.4 Å². The van der Waals surface area contributed by atoms with Crippen LogP contribution in [0, 0.1) is 0 Å². The fraction of sp³-hybridized carbons (Fsp3) is 0.286. The van der Waals surface area contributed by atoms with E-state index in [2.05, 4.69) is 21.2 Å². The number of ether oxygens (including phenoxy) is 4. The molecule has 0 unspecified atom stereocenters. The molecule has 2 aromatic carbocycles. The van der Waals surface area contributed by atoms with Crippen LogP contribution in [0.2, 0.25) is 0 Å². The van der Waals surface area contributed by atoms with E-state index in [1.807, 2.05) is 30.3 Å². The fourth-order valence-electron chi connectivity index (χ4n) is 2.62. The molecule has 0 aromatic heterocycles. The molecule has 1 amide bonds. The Labute approximate surface area is 173 Å². The Morgan fingerprint density at radius 3 is 2.29 bits per heavy atom. The van der Waals surface area contributed by atoms with Crippen molar-refractivity contribution < 1.29 is 23.7 Å². The SMILES string of the molecule is COc1ccc(CNC(=O)C=CCc2ccc(OC)c(OC)c2Br)cc1OC. The van der Waals surface area contributed by atoms with Crippen LogP contribution < -0.4 is 24.3 Å². The summed E-state index contributed by atoms with van der Waals surface area (Å²) in [6.07, 6.45) is 3.89. The van der Waals surface area contributed by atoms with Crippen LogP contribution in [0.25, 0.3) is 0 Å². The fourth-order valence-corrected chi connectivity index (χ4v) is 3.27. The third kappa shape index (κ3) is 5.42. The average molecular weight is 450 g/mol. The van der Waals surface area contributed by atoms with Crippen LogP contribution in [0.3, 0.4) is 0 Å². The predicted molar refractivity (Wildman–Crippen MR) is 111 cm³/mol. The summed E-state index contributed by atoms with van der Waals surface area (Å²) in [5.74, 6) is 2.38. The lowest BCUT2D eigenvalue weighted by Gasteiger charge is -2.12. The Kier molecular flexibility index (Phi) is 8.19. The summed E-state index contributed by atoms with van der Waals surface area (Å²) < 4.78 is 21.9. The van der Waals surface area contributed by atoms with Crippen LogP contribution in [0.4, 0.5) is 0 Å². The zero-order valence-electron chi connectivity index (χ0n) is 16.4. The van der Waals surface area contributed by atoms with Crippen LogP contribution in [0.1, 0.15) is 11.1 Å². The second-order valence-corrected chi connectivity index (χ2v) is 6.58. The molecule has 6 nitrogen and oxygen atoms in total. The molecule has 0 spiro atoms. The highest BCUT2D eigenvalue weighted by Crippen LogP contribution is 2.37. The molecule has 2 aromatic rings. The summed E-state index contributed by atoms with van der Waals surface area (Å²) in [4.78, 5) is 12.1. The summed E-state index contributed by atoms with van der Waals surface area (Å²) in [6, 6.07) is 9.29. The summed E-state index contributed by atoms with van der Waals surface area (Å²) in [5.41, 5.74) is 1.91. The van der Waals surface area contributed by atoms with E-state index >= 15 is 0 Å². The molecule has 0 aliphatic heterocycles. The first-order valence-electron chi connectivity index (χ1n) is 8.58. The van der Waals surface area contributed by atoms with Gasteiger partial charge in [-0.3, -0.25) is 4.79 Å². The summed E-state index contributed by atoms with van der Waals surface area (Å²) in [5, 5.41) is 2.85. The molecule has 0 saturated heterocycles. The Bertz CT molecular complexity index is 851. The second kappa shape index (κ2) is 10.6. The smallest absolute Gasteiger partial charge is 0.243 e. The Balaban J connectivity index is 1.94. The van der Waals surface area contributed by atoms with Gasteiger partial charge in [0.05, 0.1) is 32.9 Å². The van der Waals surface area contributed by atoms with Gasteiger partial charge in [-0.1, -0.05) is 18.2 Å². The molecular formula is C21H24BrNO5. The van der Waals surface area contributed by atoms with Gasteiger partial charge in [-0.25, -0.2) is 0 Å². The molecule has 0 saturated carbocycles. The number of hydrogen-bond donors (Lipinski definition) is 1. The number of rotatable bonds is 9. The molecule has 0 radical (unpaired) electrons. The number of hydrogen-bond acceptors (Lipinski definition) is 5. The van der Waals surface area contributed by atoms with Gasteiger partial charge in [-0.05, 0) is 57.8 Å². The van der Waals surface area contributed by atoms with Gasteiger partial charge in [0.2, 0.25) is 5.91 Å². The number of carbonyl (C=O) groups is 1. The van der Waals surface area contributed by atoms with Crippen LogP contribution in [0.15, 0.2) is 47.0 Å². The van der Waals surface area contributed by atoms with E-state index in [-0.39, 0.29) is 5.91 Å². The highest BCUT2D eigenvalue weighted by Gasteiger charge is 2.11. The van der Waals surface area contributed by atoms with E-state index in [9.17, 15) is 4.79 Å². The Morgan fingerprint density at radius 2 is 1.64 bits per heavy atom. The molecule has 0 heterocycles. The maximum atomic E-state index is 12.1. The first-order chi connectivity index (χ1) is 13.5. The van der Waals surface area contributed by atoms with Gasteiger partial charge in [0.15, 0.2) is 23.0 Å². The molecule has 0 aliphatic carbocycles. The minimum atomic E-state index is -0.175. The summed E-state index contributed by atoms with van der Waals surface area (Å²) >= 11 is 3.53. The first kappa shape index (κ1) is 21.6. The van der Waals surface area contributed by atoms with Gasteiger partial charge >= 0.3 is 0 Å². The van der Waals surface area contributed by atoms with E-state index in [1.165, 1.54) is 6.08 Å². The average Bonchev–Trinajstić information content (AvgIpc) is 2.72. The number of allylic oxidation sites excluding steroid dienone is 1. The molecule has 0 fully saturated rings. The Hall–Kier alpha value is -2.67. The van der Waals surface area contributed by atoms with E-state index in [0.29, 0.717) is 36.0 Å². The molecule has 2 rings (SSSR count). The van der Waals surface area contributed by atoms with Crippen LogP contribution in [0.5, 0.6) is 23.0 Å². The maximum absolute atomic E-state index is 12.1. The standard InChI is InChI=1S/C21H24BrNO5/c1-25-16-10-8-14(12-18(16)27-3)13-23-19(24)7-5-6-15-9-11-17(26-2)21(28-4)20(15)22/h5,7-12H,6,13H2,1-4H3,(H,23,24). The van der Waals surface area contributed by atoms with Gasteiger partial charge in [0.25, 0.3) is 0 Å². The predicted octanol–water partition coefficient (Wildman–Crippen LogP) is 3.90. The number of benzene rings is 2. The minimum absolute atomic E-state index is 0.175. The highest BCUT2D eigenvalue weighted by molar-refractivity contribution is 9.10. The number of carbonyl (C=O) groups excluding carboxylic acids is 1. The monoisotopic (exact) mass is 449 g/mol. The van der Waals surface area contributed by atoms with Crippen LogP contribution in [-0.4, -0.2) is 34.3 Å². The van der Waals surface area contributed by atoms with E-state index in [0.717, 1.165) is 15.6 Å². The molecule has 28 heavy (non-hydrogen) atoms. The van der Waals surface area contributed by atoms with E-state index in [1.54, 1.807) is 34.5 Å². The third-order valence-corrected chi connectivity index (χ3v) is 4.96. The maximum Gasteiger partial charge on any atom is 0.243 e. The Morgan fingerprint density at radius 1 is 0.964 bits per heavy atom. The van der Waals surface area contributed by atoms with Crippen molar-refractivity contribution in [2.24, 2.45) is 0 Å². The van der Waals surface area contributed by atoms with Gasteiger partial charge in [0.1, 0.15) is 0 Å². The van der Waals surface area contributed by atoms with Crippen molar-refractivity contribution in [1.82, 2.24) is 5.32 Å². The third-order valence-electron chi connectivity index (χ3n) is 4.09. The van der Waals surface area contributed by atoms with Gasteiger partial charge in [-0.15, -0.1) is 0 Å². The molecular weight excluding hydrogens is 426 g/mol. The lowest BCUT2D eigenvalue weighted by molar-refractivity contribution is -0.116. The highest BCUT2D eigenvalue weighted by atomic mass is 79.9. The number of nitrogens with one attached hydrogen (secondary N) is 1. The molecule has 0 bridgehead atoms. The van der Waals surface area contributed by atoms with Crippen LogP contribution >= 0.6 is 15.9 Å². The van der Waals surface area contributed by atoms with Gasteiger partial charge < -0.3 is 24.3 Å². The van der Waals surface area contributed by atoms with Crippen molar-refractivity contribution in [3.05, 3.63) is 58.1 Å². The molecule has 150 valence electrons. The van der Waals surface area contributed by atoms with Gasteiger partial charge in [0, 0.05) is 6.54 Å². The van der Waals surface area contributed by atoms with Crippen molar-refractivity contribution in [2.45, 2.75) is 13.0 Å². The summed E-state index contributed by atoms with van der Waals surface area (Å²) in [7, 11) is 6.34. The quantitative estimate of drug-likeness (QED) is 0.588. The van der Waals surface area contributed by atoms with Crippen LogP contribution in [-0.2, 0) is 17.8 Å². The molecule has 7 heteroatoms. The summed E-state index contributed by atoms with van der Waals surface area (Å²) in [6.45, 7) is 0.392. The lowest BCUT2D eigenvalue weighted by Crippen LogP contribution is -2.20. The number of halogens is 1. The van der Waals surface area contributed by atoms with Gasteiger partial charge in [-0.2, -0.15) is 0 Å². The normalized spacial score (nSPS) is 10.6. The largest absolute Gasteiger partial charge is 0.493 e. The second-order valence-electron chi connectivity index (χ2n) is 5.79. The topological polar surface area (TPSA) is 66.0 Å². The van der Waals surface area contributed by atoms with E-state index in [4.69, 9.17) is 18.9 Å². The van der Waals surface area contributed by atoms with E-state index < -0.39 is 0 Å². The molecule has 0 aliphatic rings. The van der Waals surface area contributed by atoms with Crippen molar-refractivity contribution in [3.8, 4) is 23.0 Å². The lowest BCUT2D eigenvalue weighted by atomic mass is 10.1. The first-order valence-corrected chi connectivity index (χ1v) is 9.38. The molecule has 0 atom stereocenters. The number of methoxy groups -OCH3 is 4. The number of amides is 1. The zero-order valence-corrected chi connectivity index (χ0v) is 18.0. The molecule has 1 N–H and O–H groups in total. The zero-order chi connectivity index (χ0) is 20.5. The van der Waals surface area contributed by atoms with Crippen molar-refractivity contribution in [3.63, 3.8) is 0 Å².